The second-order valence-corrected chi connectivity index (χ2v) is 7.82. The van der Waals surface area contributed by atoms with Gasteiger partial charge in [0.1, 0.15) is 9.84 Å². The van der Waals surface area contributed by atoms with Gasteiger partial charge in [0.15, 0.2) is 0 Å². The zero-order valence-corrected chi connectivity index (χ0v) is 21.2. The molecule has 138 valence electrons. The molecule has 0 aliphatic heterocycles. The molecule has 0 fully saturated rings. The molecule has 0 aromatic carbocycles. The van der Waals surface area contributed by atoms with Gasteiger partial charge in [0.05, 0.1) is 11.5 Å². The topological polar surface area (TPSA) is 114 Å². The average molecular weight is 396 g/mol. The molecule has 0 aliphatic rings. The van der Waals surface area contributed by atoms with Crippen molar-refractivity contribution >= 4 is 21.8 Å². The second-order valence-electron chi connectivity index (χ2n) is 5.52. The Kier molecular flexibility index (Phi) is 30.7. The zero-order chi connectivity index (χ0) is 18.1. The Morgan fingerprint density at radius 2 is 1.00 bits per heavy atom. The van der Waals surface area contributed by atoms with Crippen LogP contribution in [0.4, 0.5) is 0 Å². The number of sulfone groups is 1. The Morgan fingerprint density at radius 3 is 1.24 bits per heavy atom. The van der Waals surface area contributed by atoms with Gasteiger partial charge in [-0.3, -0.25) is 0 Å². The van der Waals surface area contributed by atoms with Gasteiger partial charge in [0.2, 0.25) is 0 Å². The van der Waals surface area contributed by atoms with Gasteiger partial charge in [0.25, 0.3) is 0 Å². The molecule has 0 rings (SSSR count). The first-order chi connectivity index (χ1) is 10.7. The van der Waals surface area contributed by atoms with Crippen molar-refractivity contribution in [2.75, 3.05) is 11.5 Å². The van der Waals surface area contributed by atoms with Gasteiger partial charge in [-0.2, -0.15) is 0 Å². The van der Waals surface area contributed by atoms with Gasteiger partial charge >= 0.3 is 59.1 Å². The fourth-order valence-corrected chi connectivity index (χ4v) is 3.30. The normalized spacial score (nSPS) is 9.84. The fraction of sp³-hybridized carbons (Fsp3) is 0.875. The van der Waals surface area contributed by atoms with Crippen molar-refractivity contribution in [2.45, 2.75) is 78.1 Å². The third kappa shape index (κ3) is 33.0. The molecule has 0 heterocycles. The molecule has 6 nitrogen and oxygen atoms in total. The number of carboxylic acids is 2. The van der Waals surface area contributed by atoms with E-state index in [1.807, 2.05) is 0 Å². The summed E-state index contributed by atoms with van der Waals surface area (Å²) in [5, 5.41) is 19.0. The minimum Gasteiger partial charge on any atom is -0.550 e. The number of hydrogen-bond acceptors (Lipinski definition) is 6. The maximum atomic E-state index is 11.6. The van der Waals surface area contributed by atoms with Crippen LogP contribution in [0.1, 0.15) is 78.1 Å². The smallest absolute Gasteiger partial charge is 0.550 e. The summed E-state index contributed by atoms with van der Waals surface area (Å²) in [6.45, 7) is 4.28. The van der Waals surface area contributed by atoms with Gasteiger partial charge in [-0.15, -0.1) is 0 Å². The number of carbonyl (C=O) groups excluding carboxylic acids is 2. The number of carbonyl (C=O) groups is 2. The van der Waals surface area contributed by atoms with Crippen molar-refractivity contribution < 1.29 is 87.3 Å². The van der Waals surface area contributed by atoms with E-state index in [0.717, 1.165) is 51.4 Å². The summed E-state index contributed by atoms with van der Waals surface area (Å²) < 4.78 is 23.1. The Hall–Kier alpha value is 0.890. The molecule has 25 heavy (non-hydrogen) atoms. The van der Waals surface area contributed by atoms with Crippen molar-refractivity contribution in [1.29, 1.82) is 0 Å². The molecule has 0 N–H and O–H groups in total. The second kappa shape index (κ2) is 22.9. The first-order valence-corrected chi connectivity index (χ1v) is 10.2. The van der Waals surface area contributed by atoms with Gasteiger partial charge in [-0.1, -0.05) is 52.4 Å². The minimum absolute atomic E-state index is 0. The summed E-state index contributed by atoms with van der Waals surface area (Å²) in [5.41, 5.74) is 0. The van der Waals surface area contributed by atoms with Crippen molar-refractivity contribution in [3.63, 3.8) is 0 Å². The van der Waals surface area contributed by atoms with E-state index in [-0.39, 0.29) is 59.1 Å². The van der Waals surface area contributed by atoms with Crippen LogP contribution in [0.3, 0.4) is 0 Å². The Morgan fingerprint density at radius 1 is 0.680 bits per heavy atom. The zero-order valence-electron chi connectivity index (χ0n) is 16.3. The van der Waals surface area contributed by atoms with Crippen LogP contribution in [0, 0.1) is 0 Å². The largest absolute Gasteiger partial charge is 1.00 e. The van der Waals surface area contributed by atoms with E-state index in [4.69, 9.17) is 0 Å². The van der Waals surface area contributed by atoms with Crippen LogP contribution in [0.25, 0.3) is 0 Å². The standard InChI is InChI=1S/C12H26O2S.C4H6O4.2Na/c1-3-5-7-9-11-15(13,14)12-10-8-6-4-2;5-3(6)1-2-4(7)8;;/h3-12H2,1-2H3;1-2H2,(H,5,6)(H,7,8);;/q;;2*+1/p-2. The maximum Gasteiger partial charge on any atom is 1.00 e. The summed E-state index contributed by atoms with van der Waals surface area (Å²) in [4.78, 5) is 19.0. The number of hydrogen-bond donors (Lipinski definition) is 0. The number of rotatable bonds is 13. The molecular weight excluding hydrogens is 366 g/mol. The Bertz CT molecular complexity index is 381. The molecule has 0 aliphatic carbocycles. The molecule has 0 bridgehead atoms. The number of unbranched alkanes of at least 4 members (excludes halogenated alkanes) is 6. The SMILES string of the molecule is CCCCCCS(=O)(=O)CCCCCC.O=C([O-])CCC(=O)[O-].[Na+].[Na+]. The van der Waals surface area contributed by atoms with Crippen LogP contribution < -0.4 is 69.3 Å². The molecular formula is C16H30Na2O6S. The molecule has 0 spiro atoms. The van der Waals surface area contributed by atoms with E-state index >= 15 is 0 Å². The molecule has 9 heteroatoms. The number of aliphatic carboxylic acids is 2. The van der Waals surface area contributed by atoms with Crippen LogP contribution in [0.5, 0.6) is 0 Å². The average Bonchev–Trinajstić information content (AvgIpc) is 2.47. The van der Waals surface area contributed by atoms with E-state index < -0.39 is 34.6 Å². The molecule has 0 saturated carbocycles. The quantitative estimate of drug-likeness (QED) is 0.227. The van der Waals surface area contributed by atoms with E-state index in [0.29, 0.717) is 11.5 Å². The first kappa shape index (κ1) is 33.5. The van der Waals surface area contributed by atoms with Crippen molar-refractivity contribution in [2.24, 2.45) is 0 Å². The fourth-order valence-electron chi connectivity index (χ4n) is 1.80. The molecule has 0 atom stereocenters. The van der Waals surface area contributed by atoms with Crippen molar-refractivity contribution in [1.82, 2.24) is 0 Å². The Balaban J connectivity index is -0.000000190. The predicted octanol–water partition coefficient (Wildman–Crippen LogP) is -5.16. The van der Waals surface area contributed by atoms with Crippen LogP contribution in [0.15, 0.2) is 0 Å². The summed E-state index contributed by atoms with van der Waals surface area (Å²) in [5.74, 6) is -1.93. The van der Waals surface area contributed by atoms with E-state index in [1.54, 1.807) is 0 Å². The van der Waals surface area contributed by atoms with Gasteiger partial charge < -0.3 is 19.8 Å². The van der Waals surface area contributed by atoms with Crippen molar-refractivity contribution in [3.8, 4) is 0 Å². The van der Waals surface area contributed by atoms with Crippen molar-refractivity contribution in [3.05, 3.63) is 0 Å². The van der Waals surface area contributed by atoms with Gasteiger partial charge in [0, 0.05) is 11.9 Å². The van der Waals surface area contributed by atoms with Gasteiger partial charge in [-0.25, -0.2) is 8.42 Å². The summed E-state index contributed by atoms with van der Waals surface area (Å²) in [6.07, 6.45) is 7.53. The van der Waals surface area contributed by atoms with Crippen LogP contribution in [-0.4, -0.2) is 31.9 Å². The van der Waals surface area contributed by atoms with Crippen LogP contribution in [-0.2, 0) is 19.4 Å². The Labute approximate surface area is 197 Å². The molecule has 0 amide bonds. The summed E-state index contributed by atoms with van der Waals surface area (Å²) in [7, 11) is -2.74. The molecule has 0 radical (unpaired) electrons. The van der Waals surface area contributed by atoms with E-state index in [1.165, 1.54) is 0 Å². The van der Waals surface area contributed by atoms with E-state index in [9.17, 15) is 28.2 Å². The monoisotopic (exact) mass is 396 g/mol. The summed E-state index contributed by atoms with van der Waals surface area (Å²) in [6, 6.07) is 0. The van der Waals surface area contributed by atoms with Gasteiger partial charge in [-0.05, 0) is 25.7 Å². The molecule has 0 unspecified atom stereocenters. The van der Waals surface area contributed by atoms with Crippen LogP contribution >= 0.6 is 0 Å². The number of carboxylic acid groups (broad SMARTS) is 2. The summed E-state index contributed by atoms with van der Waals surface area (Å²) >= 11 is 0. The third-order valence-corrected chi connectivity index (χ3v) is 4.97. The first-order valence-electron chi connectivity index (χ1n) is 8.35. The molecule has 0 aromatic heterocycles. The minimum atomic E-state index is -2.74. The van der Waals surface area contributed by atoms with Crippen LogP contribution in [0.2, 0.25) is 0 Å². The maximum absolute atomic E-state index is 11.6. The molecule has 0 saturated heterocycles. The molecule has 0 aromatic rings. The predicted molar refractivity (Wildman–Crippen MR) is 86.2 cm³/mol. The van der Waals surface area contributed by atoms with E-state index in [2.05, 4.69) is 13.8 Å². The third-order valence-electron chi connectivity index (χ3n) is 3.15.